The van der Waals surface area contributed by atoms with Crippen molar-refractivity contribution < 1.29 is 27.2 Å². The molecule has 2 rings (SSSR count). The third kappa shape index (κ3) is 4.53. The van der Waals surface area contributed by atoms with E-state index in [0.29, 0.717) is 39.1 Å². The van der Waals surface area contributed by atoms with E-state index < -0.39 is 15.9 Å². The number of amides is 2. The predicted octanol–water partition coefficient (Wildman–Crippen LogP) is -0.834. The number of morpholine rings is 1. The zero-order valence-electron chi connectivity index (χ0n) is 12.5. The second kappa shape index (κ2) is 8.09. The van der Waals surface area contributed by atoms with Crippen LogP contribution in [0.5, 0.6) is 0 Å². The van der Waals surface area contributed by atoms with Gasteiger partial charge in [0.2, 0.25) is 11.5 Å². The molecule has 1 aromatic rings. The second-order valence-corrected chi connectivity index (χ2v) is 6.69. The summed E-state index contributed by atoms with van der Waals surface area (Å²) in [4.78, 5) is 21.9. The maximum atomic E-state index is 12.4. The second-order valence-electron chi connectivity index (χ2n) is 4.82. The topological polar surface area (TPSA) is 118 Å². The highest BCUT2D eigenvalue weighted by Gasteiger charge is 2.29. The first-order valence-corrected chi connectivity index (χ1v) is 8.62. The molecule has 0 spiro atoms. The van der Waals surface area contributed by atoms with Crippen LogP contribution in [0.3, 0.4) is 0 Å². The fourth-order valence-electron chi connectivity index (χ4n) is 2.03. The van der Waals surface area contributed by atoms with Gasteiger partial charge >= 0.3 is 0 Å². The Balaban J connectivity index is 1.93. The van der Waals surface area contributed by atoms with Crippen LogP contribution in [-0.2, 0) is 19.6 Å². The normalized spacial score (nSPS) is 16.0. The number of sulfonamides is 1. The highest BCUT2D eigenvalue weighted by Crippen LogP contribution is 2.19. The molecule has 0 aromatic carbocycles. The molecule has 2 amide bonds. The SMILES string of the molecule is O=CNCCCNC(=O)c1ccc(S(=O)(=O)N2CCOCC2)o1. The molecular formula is C13H19N3O6S. The lowest BCUT2D eigenvalue weighted by Crippen LogP contribution is -2.40. The van der Waals surface area contributed by atoms with E-state index in [4.69, 9.17) is 9.15 Å². The number of nitrogens with one attached hydrogen (secondary N) is 2. The molecule has 1 fully saturated rings. The lowest BCUT2D eigenvalue weighted by molar-refractivity contribution is -0.109. The molecule has 0 aliphatic carbocycles. The molecule has 1 aliphatic heterocycles. The third-order valence-electron chi connectivity index (χ3n) is 3.24. The molecule has 0 radical (unpaired) electrons. The van der Waals surface area contributed by atoms with Crippen LogP contribution in [0, 0.1) is 0 Å². The average Bonchev–Trinajstić information content (AvgIpc) is 3.06. The summed E-state index contributed by atoms with van der Waals surface area (Å²) in [5, 5.41) is 4.80. The van der Waals surface area contributed by atoms with Crippen LogP contribution >= 0.6 is 0 Å². The number of carbonyl (C=O) groups is 2. The molecule has 2 N–H and O–H groups in total. The standard InChI is InChI=1S/C13H19N3O6S/c17-10-14-4-1-5-15-13(18)11-2-3-12(22-11)23(19,20)16-6-8-21-9-7-16/h2-3,10H,1,4-9H2,(H,14,17)(H,15,18). The molecule has 128 valence electrons. The molecular weight excluding hydrogens is 326 g/mol. The van der Waals surface area contributed by atoms with Gasteiger partial charge in [0.05, 0.1) is 13.2 Å². The van der Waals surface area contributed by atoms with E-state index in [9.17, 15) is 18.0 Å². The number of nitrogens with zero attached hydrogens (tertiary/aromatic N) is 1. The maximum absolute atomic E-state index is 12.4. The first kappa shape index (κ1) is 17.4. The van der Waals surface area contributed by atoms with Crippen molar-refractivity contribution in [3.8, 4) is 0 Å². The van der Waals surface area contributed by atoms with Gasteiger partial charge in [-0.05, 0) is 18.6 Å². The number of ether oxygens (including phenoxy) is 1. The number of furan rings is 1. The fraction of sp³-hybridized carbons (Fsp3) is 0.538. The Bertz CT molecular complexity index is 636. The highest BCUT2D eigenvalue weighted by atomic mass is 32.2. The van der Waals surface area contributed by atoms with Gasteiger partial charge < -0.3 is 19.8 Å². The van der Waals surface area contributed by atoms with E-state index in [1.165, 1.54) is 16.4 Å². The van der Waals surface area contributed by atoms with Gasteiger partial charge in [-0.3, -0.25) is 9.59 Å². The summed E-state index contributed by atoms with van der Waals surface area (Å²) in [6, 6.07) is 2.60. The largest absolute Gasteiger partial charge is 0.438 e. The van der Waals surface area contributed by atoms with Gasteiger partial charge in [-0.15, -0.1) is 0 Å². The van der Waals surface area contributed by atoms with Gasteiger partial charge in [-0.2, -0.15) is 4.31 Å². The van der Waals surface area contributed by atoms with Crippen molar-refractivity contribution in [2.45, 2.75) is 11.5 Å². The van der Waals surface area contributed by atoms with Crippen molar-refractivity contribution >= 4 is 22.3 Å². The van der Waals surface area contributed by atoms with Gasteiger partial charge in [0.15, 0.2) is 5.76 Å². The summed E-state index contributed by atoms with van der Waals surface area (Å²) < 4.78 is 36.3. The zero-order chi connectivity index (χ0) is 16.7. The van der Waals surface area contributed by atoms with Crippen molar-refractivity contribution in [1.82, 2.24) is 14.9 Å². The lowest BCUT2D eigenvalue weighted by Gasteiger charge is -2.24. The summed E-state index contributed by atoms with van der Waals surface area (Å²) in [6.07, 6.45) is 1.14. The van der Waals surface area contributed by atoms with Crippen LogP contribution < -0.4 is 10.6 Å². The third-order valence-corrected chi connectivity index (χ3v) is 5.01. The summed E-state index contributed by atoms with van der Waals surface area (Å²) in [7, 11) is -3.75. The minimum Gasteiger partial charge on any atom is -0.438 e. The van der Waals surface area contributed by atoms with E-state index in [1.807, 2.05) is 0 Å². The van der Waals surface area contributed by atoms with E-state index in [-0.39, 0.29) is 23.9 Å². The van der Waals surface area contributed by atoms with Gasteiger partial charge in [-0.25, -0.2) is 8.42 Å². The Hall–Kier alpha value is -1.91. The van der Waals surface area contributed by atoms with Gasteiger partial charge in [0.1, 0.15) is 0 Å². The number of carbonyl (C=O) groups excluding carboxylic acids is 2. The summed E-state index contributed by atoms with van der Waals surface area (Å²) in [5.41, 5.74) is 0. The van der Waals surface area contributed by atoms with Crippen molar-refractivity contribution in [1.29, 1.82) is 0 Å². The van der Waals surface area contributed by atoms with Crippen LogP contribution in [0.2, 0.25) is 0 Å². The molecule has 0 atom stereocenters. The maximum Gasteiger partial charge on any atom is 0.287 e. The van der Waals surface area contributed by atoms with Crippen molar-refractivity contribution in [2.75, 3.05) is 39.4 Å². The molecule has 2 heterocycles. The number of hydrogen-bond acceptors (Lipinski definition) is 6. The van der Waals surface area contributed by atoms with Crippen molar-refractivity contribution in [3.05, 3.63) is 17.9 Å². The fourth-order valence-corrected chi connectivity index (χ4v) is 3.35. The first-order chi connectivity index (χ1) is 11.1. The summed E-state index contributed by atoms with van der Waals surface area (Å²) in [5.74, 6) is -0.570. The van der Waals surface area contributed by atoms with Gasteiger partial charge in [-0.1, -0.05) is 0 Å². The Morgan fingerprint density at radius 1 is 1.26 bits per heavy atom. The summed E-state index contributed by atoms with van der Waals surface area (Å²) >= 11 is 0. The van der Waals surface area contributed by atoms with Gasteiger partial charge in [0.25, 0.3) is 15.9 Å². The molecule has 0 unspecified atom stereocenters. The monoisotopic (exact) mass is 345 g/mol. The predicted molar refractivity (Wildman–Crippen MR) is 79.3 cm³/mol. The minimum atomic E-state index is -3.75. The minimum absolute atomic E-state index is 0.0693. The van der Waals surface area contributed by atoms with Gasteiger partial charge in [0, 0.05) is 26.2 Å². The van der Waals surface area contributed by atoms with Crippen LogP contribution in [-0.4, -0.2) is 64.4 Å². The Labute approximate surface area is 134 Å². The van der Waals surface area contributed by atoms with Crippen LogP contribution in [0.15, 0.2) is 21.6 Å². The molecule has 10 heteroatoms. The Kier molecular flexibility index (Phi) is 6.13. The number of hydrogen-bond donors (Lipinski definition) is 2. The Morgan fingerprint density at radius 3 is 2.70 bits per heavy atom. The molecule has 1 saturated heterocycles. The molecule has 23 heavy (non-hydrogen) atoms. The van der Waals surface area contributed by atoms with E-state index in [2.05, 4.69) is 10.6 Å². The van der Waals surface area contributed by atoms with E-state index in [0.717, 1.165) is 0 Å². The van der Waals surface area contributed by atoms with E-state index in [1.54, 1.807) is 0 Å². The lowest BCUT2D eigenvalue weighted by atomic mass is 10.4. The highest BCUT2D eigenvalue weighted by molar-refractivity contribution is 7.89. The summed E-state index contributed by atoms with van der Waals surface area (Å²) in [6.45, 7) is 1.97. The molecule has 0 bridgehead atoms. The molecule has 1 aliphatic rings. The molecule has 1 aromatic heterocycles. The molecule has 0 saturated carbocycles. The smallest absolute Gasteiger partial charge is 0.287 e. The van der Waals surface area contributed by atoms with Crippen molar-refractivity contribution in [3.63, 3.8) is 0 Å². The molecule has 9 nitrogen and oxygen atoms in total. The quantitative estimate of drug-likeness (QED) is 0.469. The average molecular weight is 345 g/mol. The number of rotatable bonds is 8. The van der Waals surface area contributed by atoms with Crippen LogP contribution in [0.1, 0.15) is 17.0 Å². The van der Waals surface area contributed by atoms with Crippen molar-refractivity contribution in [2.24, 2.45) is 0 Å². The van der Waals surface area contributed by atoms with E-state index >= 15 is 0 Å². The zero-order valence-corrected chi connectivity index (χ0v) is 13.3. The Morgan fingerprint density at radius 2 is 2.00 bits per heavy atom. The van der Waals surface area contributed by atoms with Crippen LogP contribution in [0.4, 0.5) is 0 Å². The van der Waals surface area contributed by atoms with Crippen LogP contribution in [0.25, 0.3) is 0 Å². The first-order valence-electron chi connectivity index (χ1n) is 7.18.